The van der Waals surface area contributed by atoms with Crippen LogP contribution in [0.25, 0.3) is 0 Å². The van der Waals surface area contributed by atoms with Crippen molar-refractivity contribution in [1.82, 2.24) is 0 Å². The Morgan fingerprint density at radius 3 is 1.58 bits per heavy atom. The van der Waals surface area contributed by atoms with Gasteiger partial charge in [-0.1, -0.05) is 103 Å². The Bertz CT molecular complexity index is 1960. The molecule has 0 N–H and O–H groups in total. The molecular formula is C45H45BrF5KO7. The van der Waals surface area contributed by atoms with Crippen molar-refractivity contribution < 1.29 is 108 Å². The van der Waals surface area contributed by atoms with Gasteiger partial charge in [0.15, 0.2) is 11.6 Å². The van der Waals surface area contributed by atoms with Gasteiger partial charge < -0.3 is 14.6 Å². The summed E-state index contributed by atoms with van der Waals surface area (Å²) < 4.78 is 79.1. The Kier molecular flexibility index (Phi) is 30.6. The Balaban J connectivity index is 0. The van der Waals surface area contributed by atoms with Crippen molar-refractivity contribution in [1.29, 1.82) is 0 Å². The number of hydrogen-bond acceptors (Lipinski definition) is 7. The Morgan fingerprint density at radius 1 is 0.746 bits per heavy atom. The van der Waals surface area contributed by atoms with Gasteiger partial charge in [-0.25, -0.2) is 17.6 Å². The Hall–Kier alpha value is -3.99. The molecule has 0 aliphatic carbocycles. The average Bonchev–Trinajstić information content (AvgIpc) is 3.20. The van der Waals surface area contributed by atoms with E-state index in [0.29, 0.717) is 5.33 Å². The van der Waals surface area contributed by atoms with E-state index in [1.54, 1.807) is 57.2 Å². The number of hydrogen-bond donors (Lipinski definition) is 0. The van der Waals surface area contributed by atoms with E-state index in [9.17, 15) is 46.2 Å². The minimum Gasteiger partial charge on any atom is -0.850 e. The van der Waals surface area contributed by atoms with Crippen LogP contribution in [0, 0.1) is 53.9 Å². The molecule has 0 heterocycles. The third kappa shape index (κ3) is 27.4. The van der Waals surface area contributed by atoms with Crippen molar-refractivity contribution in [2.24, 2.45) is 5.92 Å². The third-order valence-electron chi connectivity index (χ3n) is 6.69. The molecule has 0 aliphatic rings. The van der Waals surface area contributed by atoms with E-state index >= 15 is 0 Å². The molecule has 310 valence electrons. The molecule has 0 spiro atoms. The second-order valence-corrected chi connectivity index (χ2v) is 13.1. The SMILES string of the molecule is C#CCBr.C#CCC(CC(=O)OCc1ccccc1)C(=O)c1cc(F)ccc1F.CC(C)(C)[O-].O=C(CCC(=O)c1cc(F)ccc1F)OCc1ccccc1.[2H]CF.[K+]. The number of carbonyl (C=O) groups is 4. The summed E-state index contributed by atoms with van der Waals surface area (Å²) in [5.74, 6) is -1.97. The van der Waals surface area contributed by atoms with Gasteiger partial charge in [-0.15, -0.1) is 24.4 Å². The smallest absolute Gasteiger partial charge is 0.850 e. The van der Waals surface area contributed by atoms with E-state index in [1.807, 2.05) is 24.3 Å². The van der Waals surface area contributed by atoms with Crippen molar-refractivity contribution in [2.75, 3.05) is 12.5 Å². The van der Waals surface area contributed by atoms with Gasteiger partial charge in [0.25, 0.3) is 0 Å². The summed E-state index contributed by atoms with van der Waals surface area (Å²) >= 11 is 3.01. The largest absolute Gasteiger partial charge is 1.00 e. The first-order valence-corrected chi connectivity index (χ1v) is 18.4. The van der Waals surface area contributed by atoms with Crippen molar-refractivity contribution in [2.45, 2.75) is 65.3 Å². The predicted octanol–water partition coefficient (Wildman–Crippen LogP) is 6.34. The Morgan fingerprint density at radius 2 is 1.15 bits per heavy atom. The van der Waals surface area contributed by atoms with Crippen molar-refractivity contribution >= 4 is 39.4 Å². The monoisotopic (exact) mass is 911 g/mol. The quantitative estimate of drug-likeness (QED) is 0.0385. The minimum absolute atomic E-state index is 0. The number of ether oxygens (including phenoxy) is 2. The summed E-state index contributed by atoms with van der Waals surface area (Å²) in [7, 11) is -1.00. The van der Waals surface area contributed by atoms with Gasteiger partial charge in [0.1, 0.15) is 36.5 Å². The van der Waals surface area contributed by atoms with E-state index < -0.39 is 71.0 Å². The number of alkyl halides is 2. The van der Waals surface area contributed by atoms with Crippen molar-refractivity contribution in [3.63, 3.8) is 0 Å². The van der Waals surface area contributed by atoms with E-state index in [4.69, 9.17) is 23.7 Å². The topological polar surface area (TPSA) is 110 Å². The van der Waals surface area contributed by atoms with Crippen molar-refractivity contribution in [3.8, 4) is 24.7 Å². The zero-order valence-electron chi connectivity index (χ0n) is 34.3. The third-order valence-corrected chi connectivity index (χ3v) is 7.01. The molecule has 0 aromatic heterocycles. The Labute approximate surface area is 395 Å². The van der Waals surface area contributed by atoms with Crippen molar-refractivity contribution in [3.05, 3.63) is 143 Å². The molecule has 7 nitrogen and oxygen atoms in total. The molecule has 4 aromatic rings. The zero-order valence-corrected chi connectivity index (χ0v) is 38.0. The van der Waals surface area contributed by atoms with E-state index in [1.165, 1.54) is 0 Å². The van der Waals surface area contributed by atoms with Crippen LogP contribution in [0.3, 0.4) is 0 Å². The van der Waals surface area contributed by atoms with Crippen LogP contribution in [0.5, 0.6) is 0 Å². The molecule has 0 fully saturated rings. The second-order valence-electron chi connectivity index (χ2n) is 12.6. The predicted molar refractivity (Wildman–Crippen MR) is 214 cm³/mol. The number of halogens is 6. The number of Topliss-reactive ketones (excluding diaryl/α,β-unsaturated/α-hetero) is 2. The number of esters is 2. The van der Waals surface area contributed by atoms with Crippen LogP contribution in [-0.2, 0) is 32.3 Å². The van der Waals surface area contributed by atoms with Gasteiger partial charge in [-0.05, 0) is 47.5 Å². The number of terminal acetylenes is 2. The molecule has 1 unspecified atom stereocenters. The first-order valence-electron chi connectivity index (χ1n) is 18.0. The maximum atomic E-state index is 13.8. The van der Waals surface area contributed by atoms with Gasteiger partial charge in [0.05, 0.1) is 37.8 Å². The van der Waals surface area contributed by atoms with Gasteiger partial charge >= 0.3 is 63.3 Å². The van der Waals surface area contributed by atoms with Gasteiger partial charge in [0, 0.05) is 18.8 Å². The average molecular weight is 913 g/mol. The summed E-state index contributed by atoms with van der Waals surface area (Å²) in [5, 5.41) is 10.8. The van der Waals surface area contributed by atoms with E-state index in [2.05, 4.69) is 27.8 Å². The molecule has 4 aromatic carbocycles. The molecule has 1 atom stereocenters. The molecule has 0 saturated heterocycles. The molecule has 59 heavy (non-hydrogen) atoms. The van der Waals surface area contributed by atoms with Crippen LogP contribution in [0.15, 0.2) is 97.1 Å². The number of benzene rings is 4. The standard InChI is InChI=1S/C20H16F2O3.C17H14F2O3.C4H9O.C3H3Br.CH3F.K/c1-2-6-15(20(24)17-12-16(21)9-10-18(17)22)11-19(23)25-13-14-7-4-3-5-8-14;18-13-6-7-15(19)14(10-13)16(20)8-9-17(21)22-11-12-4-2-1-3-5-12;1-4(2,3)5;1-2-3-4;1-2;/h1,3-5,7-10,12,15H,6,11,13H2;1-7,10H,8-9,11H2;1-3H3;1H,3H2;1H3;/q;;-1;;;+1/i;;;;1D;. The summed E-state index contributed by atoms with van der Waals surface area (Å²) in [6, 6.07) is 23.3. The van der Waals surface area contributed by atoms with E-state index in [0.717, 1.165) is 47.5 Å². The molecule has 0 amide bonds. The van der Waals surface area contributed by atoms with Gasteiger partial charge in [-0.3, -0.25) is 23.6 Å². The summed E-state index contributed by atoms with van der Waals surface area (Å²) in [5.41, 5.74) is 0.108. The number of ketones is 2. The zero-order chi connectivity index (χ0) is 44.8. The summed E-state index contributed by atoms with van der Waals surface area (Å²) in [6.07, 6.45) is 9.18. The molecule has 0 aliphatic heterocycles. The fourth-order valence-electron chi connectivity index (χ4n) is 4.18. The van der Waals surface area contributed by atoms with Crippen LogP contribution >= 0.6 is 15.9 Å². The fourth-order valence-corrected chi connectivity index (χ4v) is 4.18. The molecule has 0 saturated carbocycles. The van der Waals surface area contributed by atoms with Crippen LogP contribution in [0.2, 0.25) is 0 Å². The maximum absolute atomic E-state index is 13.8. The first-order chi connectivity index (χ1) is 27.9. The molecule has 0 radical (unpaired) electrons. The minimum atomic E-state index is -1.00. The second kappa shape index (κ2) is 32.8. The summed E-state index contributed by atoms with van der Waals surface area (Å²) in [4.78, 5) is 47.7. The van der Waals surface area contributed by atoms with Crippen LogP contribution in [0.1, 0.15) is 79.7 Å². The normalized spacial score (nSPS) is 10.3. The number of carbonyl (C=O) groups excluding carboxylic acids is 4. The van der Waals surface area contributed by atoms with Crippen LogP contribution in [0.4, 0.5) is 22.0 Å². The molecule has 14 heteroatoms. The van der Waals surface area contributed by atoms with Gasteiger partial charge in [-0.2, -0.15) is 0 Å². The van der Waals surface area contributed by atoms with Crippen LogP contribution < -0.4 is 56.5 Å². The van der Waals surface area contributed by atoms with Crippen LogP contribution in [-0.4, -0.2) is 41.6 Å². The molecule has 0 bridgehead atoms. The fraction of sp³-hybridized carbons (Fsp3) is 0.289. The molecule has 4 rings (SSSR count). The van der Waals surface area contributed by atoms with E-state index in [-0.39, 0.29) is 95.8 Å². The van der Waals surface area contributed by atoms with Gasteiger partial charge in [0.2, 0.25) is 0 Å². The molecular weight excluding hydrogens is 866 g/mol. The maximum Gasteiger partial charge on any atom is 1.00 e. The first kappa shape index (κ1) is 55.0. The number of rotatable bonds is 13. The summed E-state index contributed by atoms with van der Waals surface area (Å²) in [6.45, 7) is 5.07.